The molecule has 1 atom stereocenters. The molecule has 3 aliphatic rings. The van der Waals surface area contributed by atoms with E-state index in [9.17, 15) is 24.0 Å². The summed E-state index contributed by atoms with van der Waals surface area (Å²) in [6.45, 7) is 2.54. The Kier molecular flexibility index (Phi) is 5.16. The first-order chi connectivity index (χ1) is 15.8. The molecule has 1 saturated carbocycles. The Morgan fingerprint density at radius 3 is 2.58 bits per heavy atom. The van der Waals surface area contributed by atoms with Crippen LogP contribution in [-0.4, -0.2) is 40.4 Å². The molecule has 2 aliphatic heterocycles. The molecule has 33 heavy (non-hydrogen) atoms. The molecule has 4 amide bonds. The molecule has 2 N–H and O–H groups in total. The summed E-state index contributed by atoms with van der Waals surface area (Å²) < 4.78 is 0. The minimum Gasteiger partial charge on any atom is -0.344 e. The highest BCUT2D eigenvalue weighted by Crippen LogP contribution is 2.47. The number of rotatable bonds is 6. The predicted octanol–water partition coefficient (Wildman–Crippen LogP) is 2.06. The fourth-order valence-electron chi connectivity index (χ4n) is 4.42. The van der Waals surface area contributed by atoms with Crippen LogP contribution >= 0.6 is 11.3 Å². The van der Waals surface area contributed by atoms with Gasteiger partial charge in [-0.15, -0.1) is 11.3 Å². The number of nitrogens with zero attached hydrogens (tertiary/aromatic N) is 1. The zero-order chi connectivity index (χ0) is 23.3. The Balaban J connectivity index is 1.22. The van der Waals surface area contributed by atoms with Gasteiger partial charge in [0.2, 0.25) is 17.6 Å². The zero-order valence-electron chi connectivity index (χ0n) is 18.1. The average molecular weight is 466 g/mol. The van der Waals surface area contributed by atoms with Gasteiger partial charge < -0.3 is 10.2 Å². The number of hydrogen-bond acceptors (Lipinski definition) is 6. The van der Waals surface area contributed by atoms with Crippen LogP contribution in [0.4, 0.5) is 0 Å². The van der Waals surface area contributed by atoms with Crippen molar-refractivity contribution < 1.29 is 24.0 Å². The largest absolute Gasteiger partial charge is 0.344 e. The van der Waals surface area contributed by atoms with Crippen LogP contribution in [0, 0.1) is 0 Å². The first-order valence-electron chi connectivity index (χ1n) is 10.9. The van der Waals surface area contributed by atoms with Crippen LogP contribution in [0.1, 0.15) is 69.3 Å². The molecule has 3 heterocycles. The Morgan fingerprint density at radius 1 is 1.18 bits per heavy atom. The molecule has 2 fully saturated rings. The molecule has 1 aromatic carbocycles. The van der Waals surface area contributed by atoms with Crippen LogP contribution in [0.2, 0.25) is 0 Å². The van der Waals surface area contributed by atoms with Gasteiger partial charge in [0.25, 0.3) is 11.8 Å². The molecule has 0 bridgehead atoms. The number of thiophene rings is 1. The first kappa shape index (κ1) is 21.5. The Morgan fingerprint density at radius 2 is 1.91 bits per heavy atom. The van der Waals surface area contributed by atoms with Crippen LogP contribution in [0.25, 0.3) is 0 Å². The number of fused-ring (bicyclic) bond motifs is 1. The van der Waals surface area contributed by atoms with Crippen molar-refractivity contribution in [3.63, 3.8) is 0 Å². The van der Waals surface area contributed by atoms with Crippen molar-refractivity contribution in [2.45, 2.75) is 57.2 Å². The summed E-state index contributed by atoms with van der Waals surface area (Å²) >= 11 is 1.34. The van der Waals surface area contributed by atoms with Crippen molar-refractivity contribution in [3.8, 4) is 0 Å². The van der Waals surface area contributed by atoms with E-state index in [1.165, 1.54) is 21.8 Å². The fraction of sp³-hybridized carbons (Fsp3) is 0.375. The van der Waals surface area contributed by atoms with Crippen LogP contribution < -0.4 is 10.6 Å². The molecule has 1 aromatic heterocycles. The van der Waals surface area contributed by atoms with Crippen molar-refractivity contribution in [3.05, 3.63) is 56.8 Å². The number of piperidine rings is 1. The number of hydrogen-bond donors (Lipinski definition) is 2. The average Bonchev–Trinajstić information content (AvgIpc) is 3.30. The van der Waals surface area contributed by atoms with Gasteiger partial charge in [0.05, 0.1) is 12.1 Å². The fourth-order valence-corrected chi connectivity index (χ4v) is 5.40. The second kappa shape index (κ2) is 7.91. The lowest BCUT2D eigenvalue weighted by atomic mass is 9.96. The number of nitrogens with one attached hydrogen (secondary N) is 2. The van der Waals surface area contributed by atoms with Gasteiger partial charge in [0.1, 0.15) is 6.04 Å². The standard InChI is InChI=1S/C24H23N3O5S/c1-24(8-9-24)14-4-2-13(3-5-14)20(29)22(31)25-10-18-15-11-27(23(32)16(15)12-33-18)17-6-7-19(28)26-21(17)30/h2-5,12,17H,6-11H2,1H3,(H,25,31)(H,26,28,30)/t17-/m0/s1. The van der Waals surface area contributed by atoms with E-state index >= 15 is 0 Å². The summed E-state index contributed by atoms with van der Waals surface area (Å²) in [6, 6.07) is 6.53. The molecule has 1 saturated heterocycles. The monoisotopic (exact) mass is 465 g/mol. The van der Waals surface area contributed by atoms with E-state index in [0.29, 0.717) is 17.5 Å². The van der Waals surface area contributed by atoms with Crippen molar-refractivity contribution in [2.75, 3.05) is 0 Å². The predicted molar refractivity (Wildman–Crippen MR) is 120 cm³/mol. The maximum absolute atomic E-state index is 12.8. The van der Waals surface area contributed by atoms with Crippen LogP contribution in [0.5, 0.6) is 0 Å². The van der Waals surface area contributed by atoms with E-state index in [4.69, 9.17) is 0 Å². The third kappa shape index (κ3) is 3.86. The van der Waals surface area contributed by atoms with Crippen LogP contribution in [0.15, 0.2) is 29.6 Å². The Labute approximate surface area is 194 Å². The van der Waals surface area contributed by atoms with E-state index in [2.05, 4.69) is 17.6 Å². The molecule has 0 unspecified atom stereocenters. The summed E-state index contributed by atoms with van der Waals surface area (Å²) in [7, 11) is 0. The molecule has 170 valence electrons. The van der Waals surface area contributed by atoms with Gasteiger partial charge in [-0.25, -0.2) is 0 Å². The lowest BCUT2D eigenvalue weighted by Gasteiger charge is -2.29. The maximum atomic E-state index is 12.8. The number of benzene rings is 1. The molecule has 8 nitrogen and oxygen atoms in total. The minimum atomic E-state index is -0.700. The van der Waals surface area contributed by atoms with E-state index in [-0.39, 0.29) is 36.7 Å². The minimum absolute atomic E-state index is 0.122. The summed E-state index contributed by atoms with van der Waals surface area (Å²) in [5, 5.41) is 6.65. The van der Waals surface area contributed by atoms with Crippen molar-refractivity contribution in [2.24, 2.45) is 0 Å². The lowest BCUT2D eigenvalue weighted by molar-refractivity contribution is -0.136. The number of Topliss-reactive ketones (excluding diaryl/α,β-unsaturated/α-hetero) is 1. The smallest absolute Gasteiger partial charge is 0.292 e. The number of imide groups is 1. The molecule has 2 aromatic rings. The van der Waals surface area contributed by atoms with E-state index in [1.807, 2.05) is 12.1 Å². The van der Waals surface area contributed by atoms with Gasteiger partial charge >= 0.3 is 0 Å². The lowest BCUT2D eigenvalue weighted by Crippen LogP contribution is -2.52. The number of carbonyl (C=O) groups is 5. The SMILES string of the molecule is CC1(c2ccc(C(=O)C(=O)NCc3scc4c3CN([C@H]3CCC(=O)NC3=O)C4=O)cc2)CC1. The van der Waals surface area contributed by atoms with E-state index < -0.39 is 23.6 Å². The van der Waals surface area contributed by atoms with Gasteiger partial charge in [0, 0.05) is 28.8 Å². The highest BCUT2D eigenvalue weighted by atomic mass is 32.1. The summed E-state index contributed by atoms with van der Waals surface area (Å²) in [5.74, 6) is -2.35. The van der Waals surface area contributed by atoms with Gasteiger partial charge in [-0.2, -0.15) is 0 Å². The van der Waals surface area contributed by atoms with E-state index in [1.54, 1.807) is 17.5 Å². The number of ketones is 1. The molecule has 9 heteroatoms. The summed E-state index contributed by atoms with van der Waals surface area (Å²) in [4.78, 5) is 63.6. The topological polar surface area (TPSA) is 113 Å². The van der Waals surface area contributed by atoms with Gasteiger partial charge in [0.15, 0.2) is 0 Å². The van der Waals surface area contributed by atoms with Gasteiger partial charge in [-0.1, -0.05) is 31.2 Å². The second-order valence-corrected chi connectivity index (χ2v) is 10.1. The van der Waals surface area contributed by atoms with E-state index in [0.717, 1.165) is 23.3 Å². The normalized spacial score (nSPS) is 20.9. The molecular weight excluding hydrogens is 442 g/mol. The zero-order valence-corrected chi connectivity index (χ0v) is 18.9. The molecule has 0 radical (unpaired) electrons. The maximum Gasteiger partial charge on any atom is 0.292 e. The Bertz CT molecular complexity index is 1200. The highest BCUT2D eigenvalue weighted by Gasteiger charge is 2.41. The number of carbonyl (C=O) groups excluding carboxylic acids is 5. The molecule has 5 rings (SSSR count). The third-order valence-corrected chi connectivity index (χ3v) is 7.88. The molecular formula is C24H23N3O5S. The second-order valence-electron chi connectivity index (χ2n) is 9.10. The quantitative estimate of drug-likeness (QED) is 0.385. The van der Waals surface area contributed by atoms with Gasteiger partial charge in [-0.05, 0) is 35.8 Å². The first-order valence-corrected chi connectivity index (χ1v) is 11.8. The summed E-state index contributed by atoms with van der Waals surface area (Å²) in [6.07, 6.45) is 2.76. The summed E-state index contributed by atoms with van der Waals surface area (Å²) in [5.41, 5.74) is 2.98. The van der Waals surface area contributed by atoms with Crippen LogP contribution in [0.3, 0.4) is 0 Å². The van der Waals surface area contributed by atoms with Crippen molar-refractivity contribution in [1.29, 1.82) is 0 Å². The number of amides is 4. The van der Waals surface area contributed by atoms with Crippen LogP contribution in [-0.2, 0) is 32.9 Å². The van der Waals surface area contributed by atoms with Gasteiger partial charge in [-0.3, -0.25) is 29.3 Å². The highest BCUT2D eigenvalue weighted by molar-refractivity contribution is 7.10. The molecule has 0 spiro atoms. The Hall–Kier alpha value is -3.33. The third-order valence-electron chi connectivity index (χ3n) is 6.85. The molecule has 1 aliphatic carbocycles. The van der Waals surface area contributed by atoms with Crippen molar-refractivity contribution in [1.82, 2.24) is 15.5 Å². The van der Waals surface area contributed by atoms with Crippen molar-refractivity contribution >= 4 is 40.7 Å².